The largest absolute Gasteiger partial charge is 0.475 e. The third-order valence-electron chi connectivity index (χ3n) is 6.40. The standard InChI is InChI=1S/C29H46BN5O7/c1-18(2)15-22(17-31)27(38)32-14-10-9-13-23(33-29(40)25(20(5)36)35-26(37)19(3)4)28(39)34-24(30(41)42)16-21-11-7-6-8-12-21/h6-8,11-12,15,18-20,23-25,27,32,36,38,41-42H,9-10,13-14,16H2,1-5H3,(H,33,40)(H,34,39)(H,35,37)/b22-15+/t20-,23+,24?,25+,27?/m1/s1. The van der Waals surface area contributed by atoms with E-state index in [2.05, 4.69) is 21.3 Å². The van der Waals surface area contributed by atoms with Gasteiger partial charge in [0.2, 0.25) is 17.7 Å². The van der Waals surface area contributed by atoms with Crippen molar-refractivity contribution in [2.45, 2.75) is 90.7 Å². The number of amides is 3. The molecule has 0 aromatic heterocycles. The van der Waals surface area contributed by atoms with Gasteiger partial charge >= 0.3 is 7.12 Å². The first-order valence-corrected chi connectivity index (χ1v) is 14.3. The molecule has 0 saturated carbocycles. The number of nitrogens with zero attached hydrogens (tertiary/aromatic N) is 1. The second-order valence-corrected chi connectivity index (χ2v) is 11.0. The smallest absolute Gasteiger partial charge is 0.426 e. The summed E-state index contributed by atoms with van der Waals surface area (Å²) in [5.74, 6) is -3.32. The highest BCUT2D eigenvalue weighted by Crippen LogP contribution is 2.09. The summed E-state index contributed by atoms with van der Waals surface area (Å²) in [5.41, 5.74) is 0.962. The van der Waals surface area contributed by atoms with E-state index in [4.69, 9.17) is 0 Å². The second-order valence-electron chi connectivity index (χ2n) is 11.0. The number of carbonyl (C=O) groups excluding carboxylic acids is 3. The van der Waals surface area contributed by atoms with Gasteiger partial charge < -0.3 is 36.2 Å². The Hall–Kier alpha value is -3.28. The maximum atomic E-state index is 13.3. The van der Waals surface area contributed by atoms with Crippen molar-refractivity contribution in [1.82, 2.24) is 21.3 Å². The molecule has 42 heavy (non-hydrogen) atoms. The molecule has 0 saturated heterocycles. The van der Waals surface area contributed by atoms with Gasteiger partial charge in [0.25, 0.3) is 0 Å². The summed E-state index contributed by atoms with van der Waals surface area (Å²) >= 11 is 0. The van der Waals surface area contributed by atoms with Gasteiger partial charge in [-0.2, -0.15) is 5.26 Å². The third kappa shape index (κ3) is 13.6. The van der Waals surface area contributed by atoms with E-state index in [1.54, 1.807) is 44.2 Å². The van der Waals surface area contributed by atoms with Gasteiger partial charge in [-0.05, 0) is 50.6 Å². The van der Waals surface area contributed by atoms with E-state index < -0.39 is 61.1 Å². The predicted molar refractivity (Wildman–Crippen MR) is 159 cm³/mol. The normalized spacial score (nSPS) is 15.2. The number of benzene rings is 1. The van der Waals surface area contributed by atoms with E-state index in [-0.39, 0.29) is 24.3 Å². The van der Waals surface area contributed by atoms with Gasteiger partial charge in [0.15, 0.2) is 0 Å². The van der Waals surface area contributed by atoms with Gasteiger partial charge in [0.1, 0.15) is 18.3 Å². The van der Waals surface area contributed by atoms with Gasteiger partial charge in [-0.1, -0.05) is 64.1 Å². The lowest BCUT2D eigenvalue weighted by molar-refractivity contribution is -0.135. The summed E-state index contributed by atoms with van der Waals surface area (Å²) in [4.78, 5) is 38.6. The molecule has 5 atom stereocenters. The molecule has 12 nitrogen and oxygen atoms in total. The van der Waals surface area contributed by atoms with Crippen molar-refractivity contribution >= 4 is 24.8 Å². The van der Waals surface area contributed by atoms with Gasteiger partial charge in [0.05, 0.1) is 23.7 Å². The maximum Gasteiger partial charge on any atom is 0.475 e. The lowest BCUT2D eigenvalue weighted by Gasteiger charge is -2.27. The lowest BCUT2D eigenvalue weighted by Crippen LogP contribution is -2.59. The Morgan fingerprint density at radius 1 is 0.929 bits per heavy atom. The average Bonchev–Trinajstić information content (AvgIpc) is 2.92. The summed E-state index contributed by atoms with van der Waals surface area (Å²) < 4.78 is 0. The van der Waals surface area contributed by atoms with E-state index in [1.165, 1.54) is 6.92 Å². The molecule has 8 N–H and O–H groups in total. The molecule has 0 spiro atoms. The molecule has 1 aromatic carbocycles. The van der Waals surface area contributed by atoms with E-state index in [9.17, 15) is 39.9 Å². The first kappa shape index (κ1) is 36.8. The molecule has 2 unspecified atom stereocenters. The van der Waals surface area contributed by atoms with Crippen LogP contribution in [-0.2, 0) is 20.8 Å². The number of hydrogen-bond acceptors (Lipinski definition) is 9. The summed E-state index contributed by atoms with van der Waals surface area (Å²) in [6, 6.07) is 8.46. The molecule has 0 heterocycles. The molecule has 0 radical (unpaired) electrons. The molecule has 0 fully saturated rings. The average molecular weight is 588 g/mol. The minimum atomic E-state index is -1.88. The van der Waals surface area contributed by atoms with Crippen LogP contribution >= 0.6 is 0 Å². The summed E-state index contributed by atoms with van der Waals surface area (Å²) in [5, 5.41) is 60.0. The van der Waals surface area contributed by atoms with Crippen LogP contribution in [0.5, 0.6) is 0 Å². The SMILES string of the molecule is CC(C)/C=C(\C#N)C(O)NCCCC[C@H](NC(=O)[C@@H](NC(=O)C(C)C)[C@@H](C)O)C(=O)NC(Cc1ccccc1)B(O)O. The van der Waals surface area contributed by atoms with Crippen LogP contribution in [0.4, 0.5) is 0 Å². The first-order chi connectivity index (χ1) is 19.8. The van der Waals surface area contributed by atoms with Crippen molar-refractivity contribution in [3.05, 3.63) is 47.5 Å². The number of rotatable bonds is 18. The lowest BCUT2D eigenvalue weighted by atomic mass is 9.75. The molecule has 0 aliphatic carbocycles. The molecule has 0 aliphatic rings. The van der Waals surface area contributed by atoms with Crippen LogP contribution in [0.15, 0.2) is 42.0 Å². The van der Waals surface area contributed by atoms with Crippen molar-refractivity contribution in [3.8, 4) is 6.07 Å². The van der Waals surface area contributed by atoms with Gasteiger partial charge in [-0.25, -0.2) is 0 Å². The summed E-state index contributed by atoms with van der Waals surface area (Å²) in [7, 11) is -1.88. The van der Waals surface area contributed by atoms with E-state index in [0.717, 1.165) is 5.56 Å². The number of nitrogens with one attached hydrogen (secondary N) is 4. The second kappa shape index (κ2) is 19.0. The van der Waals surface area contributed by atoms with Gasteiger partial charge in [0, 0.05) is 5.92 Å². The molecule has 1 aromatic rings. The van der Waals surface area contributed by atoms with Crippen LogP contribution in [-0.4, -0.2) is 82.0 Å². The van der Waals surface area contributed by atoms with Crippen LogP contribution in [0.25, 0.3) is 0 Å². The first-order valence-electron chi connectivity index (χ1n) is 14.3. The van der Waals surface area contributed by atoms with Crippen LogP contribution in [0.3, 0.4) is 0 Å². The zero-order chi connectivity index (χ0) is 31.8. The summed E-state index contributed by atoms with van der Waals surface area (Å²) in [6.07, 6.45) is 0.391. The highest BCUT2D eigenvalue weighted by molar-refractivity contribution is 6.43. The predicted octanol–water partition coefficient (Wildman–Crippen LogP) is -0.0834. The van der Waals surface area contributed by atoms with Gasteiger partial charge in [-0.15, -0.1) is 0 Å². The molecule has 1 rings (SSSR count). The number of aliphatic hydroxyl groups excluding tert-OH is 2. The van der Waals surface area contributed by atoms with Crippen molar-refractivity contribution in [2.24, 2.45) is 11.8 Å². The number of nitriles is 1. The molecule has 0 bridgehead atoms. The molecule has 232 valence electrons. The van der Waals surface area contributed by atoms with Crippen molar-refractivity contribution in [1.29, 1.82) is 5.26 Å². The van der Waals surface area contributed by atoms with Crippen LogP contribution < -0.4 is 21.3 Å². The summed E-state index contributed by atoms with van der Waals surface area (Å²) in [6.45, 7) is 8.71. The zero-order valence-electron chi connectivity index (χ0n) is 25.1. The van der Waals surface area contributed by atoms with Crippen LogP contribution in [0, 0.1) is 23.2 Å². The van der Waals surface area contributed by atoms with Crippen molar-refractivity contribution in [2.75, 3.05) is 6.54 Å². The fourth-order valence-corrected chi connectivity index (χ4v) is 4.01. The number of allylic oxidation sites excluding steroid dienone is 1. The van der Waals surface area contributed by atoms with Crippen molar-refractivity contribution in [3.63, 3.8) is 0 Å². The van der Waals surface area contributed by atoms with Crippen LogP contribution in [0.1, 0.15) is 59.4 Å². The molecule has 3 amide bonds. The Balaban J connectivity index is 2.99. The third-order valence-corrected chi connectivity index (χ3v) is 6.40. The molecular weight excluding hydrogens is 541 g/mol. The number of aliphatic hydroxyl groups is 2. The quantitative estimate of drug-likeness (QED) is 0.0500. The number of hydrogen-bond donors (Lipinski definition) is 8. The van der Waals surface area contributed by atoms with E-state index in [1.807, 2.05) is 26.0 Å². The molecule has 0 aliphatic heterocycles. The number of carbonyl (C=O) groups is 3. The van der Waals surface area contributed by atoms with Crippen molar-refractivity contribution < 1.29 is 34.6 Å². The minimum absolute atomic E-state index is 0.0814. The Labute approximate surface area is 248 Å². The topological polar surface area (TPSA) is 204 Å². The zero-order valence-corrected chi connectivity index (χ0v) is 25.1. The fraction of sp³-hybridized carbons (Fsp3) is 0.586. The van der Waals surface area contributed by atoms with E-state index in [0.29, 0.717) is 19.4 Å². The fourth-order valence-electron chi connectivity index (χ4n) is 4.01. The van der Waals surface area contributed by atoms with E-state index >= 15 is 0 Å². The highest BCUT2D eigenvalue weighted by Gasteiger charge is 2.33. The Morgan fingerprint density at radius 3 is 2.10 bits per heavy atom. The number of unbranched alkanes of at least 4 members (excludes halogenated alkanes) is 1. The minimum Gasteiger partial charge on any atom is -0.426 e. The van der Waals surface area contributed by atoms with Crippen LogP contribution in [0.2, 0.25) is 0 Å². The van der Waals surface area contributed by atoms with Gasteiger partial charge in [-0.3, -0.25) is 19.7 Å². The molecular formula is C29H46BN5O7. The Kier molecular flexibility index (Phi) is 16.6. The highest BCUT2D eigenvalue weighted by atomic mass is 16.4. The molecule has 13 heteroatoms. The maximum absolute atomic E-state index is 13.3. The monoisotopic (exact) mass is 587 g/mol. The Morgan fingerprint density at radius 2 is 1.57 bits per heavy atom. The Bertz CT molecular complexity index is 1060.